The highest BCUT2D eigenvalue weighted by atomic mass is 32.1. The van der Waals surface area contributed by atoms with Crippen LogP contribution >= 0.6 is 11.3 Å². The monoisotopic (exact) mass is 116 g/mol. The van der Waals surface area contributed by atoms with Crippen LogP contribution in [0.25, 0.3) is 0 Å². The van der Waals surface area contributed by atoms with Gasteiger partial charge in [0, 0.05) is 6.20 Å². The van der Waals surface area contributed by atoms with E-state index in [9.17, 15) is 4.39 Å². The first kappa shape index (κ1) is 4.71. The molecule has 0 amide bonds. The Morgan fingerprint density at radius 2 is 2.86 bits per heavy atom. The van der Waals surface area contributed by atoms with Crippen LogP contribution in [0.15, 0.2) is 6.20 Å². The molecule has 0 atom stereocenters. The van der Waals surface area contributed by atoms with Crippen LogP contribution in [0.5, 0.6) is 0 Å². The number of halogens is 1. The molecule has 7 heavy (non-hydrogen) atoms. The normalized spacial score (nSPS) is 9.29. The molecule has 0 saturated carbocycles. The van der Waals surface area contributed by atoms with Gasteiger partial charge in [-0.05, 0) is 0 Å². The molecule has 1 nitrogen and oxygen atoms in total. The van der Waals surface area contributed by atoms with E-state index in [2.05, 4.69) is 10.4 Å². The maximum Gasteiger partial charge on any atom is 0.141 e. The minimum atomic E-state index is -0.464. The lowest BCUT2D eigenvalue weighted by Crippen LogP contribution is -1.68. The summed E-state index contributed by atoms with van der Waals surface area (Å²) in [7, 11) is 0. The second-order valence-corrected chi connectivity index (χ2v) is 1.92. The third-order valence-corrected chi connectivity index (χ3v) is 1.23. The Morgan fingerprint density at radius 1 is 2.00 bits per heavy atom. The number of alkyl halides is 1. The summed E-state index contributed by atoms with van der Waals surface area (Å²) in [6.45, 7) is -0.464. The van der Waals surface area contributed by atoms with E-state index in [1.807, 2.05) is 0 Å². The van der Waals surface area contributed by atoms with Crippen LogP contribution < -0.4 is 0 Å². The number of hydrogen-bond donors (Lipinski definition) is 0. The summed E-state index contributed by atoms with van der Waals surface area (Å²) in [4.78, 5) is 3.62. The van der Waals surface area contributed by atoms with Gasteiger partial charge in [-0.15, -0.1) is 11.3 Å². The van der Waals surface area contributed by atoms with Crippen LogP contribution in [0.1, 0.15) is 5.01 Å². The van der Waals surface area contributed by atoms with Gasteiger partial charge in [-0.3, -0.25) is 0 Å². The van der Waals surface area contributed by atoms with Crippen molar-refractivity contribution in [3.63, 3.8) is 0 Å². The average Bonchev–Trinajstić information content (AvgIpc) is 2.14. The number of thiazole rings is 1. The Kier molecular flexibility index (Phi) is 1.36. The quantitative estimate of drug-likeness (QED) is 0.540. The van der Waals surface area contributed by atoms with Crippen molar-refractivity contribution in [2.75, 3.05) is 0 Å². The summed E-state index contributed by atoms with van der Waals surface area (Å²) in [5.74, 6) is 0. The largest absolute Gasteiger partial charge is 0.246 e. The van der Waals surface area contributed by atoms with E-state index in [0.717, 1.165) is 0 Å². The fraction of sp³-hybridized carbons (Fsp3) is 0.250. The highest BCUT2D eigenvalue weighted by molar-refractivity contribution is 7.09. The molecular formula is C4H3FNS. The first-order chi connectivity index (χ1) is 3.43. The van der Waals surface area contributed by atoms with Gasteiger partial charge in [0.2, 0.25) is 0 Å². The summed E-state index contributed by atoms with van der Waals surface area (Å²) in [6, 6.07) is 0. The van der Waals surface area contributed by atoms with Crippen molar-refractivity contribution in [1.29, 1.82) is 0 Å². The lowest BCUT2D eigenvalue weighted by molar-refractivity contribution is 0.483. The Balaban J connectivity index is 2.76. The zero-order valence-electron chi connectivity index (χ0n) is 3.52. The van der Waals surface area contributed by atoms with Crippen molar-refractivity contribution in [3.05, 3.63) is 16.6 Å². The molecule has 1 radical (unpaired) electrons. The molecule has 1 aromatic heterocycles. The van der Waals surface area contributed by atoms with E-state index in [4.69, 9.17) is 0 Å². The zero-order valence-corrected chi connectivity index (χ0v) is 4.33. The molecule has 0 bridgehead atoms. The van der Waals surface area contributed by atoms with Crippen molar-refractivity contribution in [1.82, 2.24) is 4.98 Å². The van der Waals surface area contributed by atoms with Gasteiger partial charge in [0.1, 0.15) is 11.7 Å². The lowest BCUT2D eigenvalue weighted by Gasteiger charge is -1.73. The highest BCUT2D eigenvalue weighted by Gasteiger charge is 1.88. The number of nitrogens with zero attached hydrogens (tertiary/aromatic N) is 1. The second kappa shape index (κ2) is 2.02. The maximum atomic E-state index is 11.5. The number of aromatic nitrogens is 1. The molecule has 0 aliphatic carbocycles. The second-order valence-electron chi connectivity index (χ2n) is 1.01. The predicted molar refractivity (Wildman–Crippen MR) is 25.8 cm³/mol. The minimum Gasteiger partial charge on any atom is -0.246 e. The summed E-state index contributed by atoms with van der Waals surface area (Å²) >= 11 is 1.21. The van der Waals surface area contributed by atoms with E-state index < -0.39 is 6.67 Å². The highest BCUT2D eigenvalue weighted by Crippen LogP contribution is 2.02. The van der Waals surface area contributed by atoms with Gasteiger partial charge in [-0.25, -0.2) is 9.37 Å². The molecule has 1 rings (SSSR count). The topological polar surface area (TPSA) is 12.9 Å². The van der Waals surface area contributed by atoms with Crippen molar-refractivity contribution in [2.24, 2.45) is 0 Å². The summed E-state index contributed by atoms with van der Waals surface area (Å²) < 4.78 is 11.5. The van der Waals surface area contributed by atoms with Gasteiger partial charge in [0.25, 0.3) is 0 Å². The van der Waals surface area contributed by atoms with E-state index in [1.54, 1.807) is 0 Å². The van der Waals surface area contributed by atoms with Crippen molar-refractivity contribution in [2.45, 2.75) is 6.67 Å². The van der Waals surface area contributed by atoms with Gasteiger partial charge in [-0.1, -0.05) is 0 Å². The van der Waals surface area contributed by atoms with Crippen molar-refractivity contribution in [3.8, 4) is 0 Å². The van der Waals surface area contributed by atoms with Gasteiger partial charge in [0.05, 0.1) is 5.38 Å². The van der Waals surface area contributed by atoms with Crippen molar-refractivity contribution < 1.29 is 4.39 Å². The van der Waals surface area contributed by atoms with E-state index in [-0.39, 0.29) is 0 Å². The van der Waals surface area contributed by atoms with Gasteiger partial charge < -0.3 is 0 Å². The fourth-order valence-electron chi connectivity index (χ4n) is 0.281. The summed E-state index contributed by atoms with van der Waals surface area (Å²) in [6.07, 6.45) is 1.47. The first-order valence-electron chi connectivity index (χ1n) is 1.80. The SMILES string of the molecule is FCc1nc[c]s1. The molecule has 0 N–H and O–H groups in total. The number of rotatable bonds is 1. The van der Waals surface area contributed by atoms with E-state index >= 15 is 0 Å². The Hall–Kier alpha value is -0.440. The molecule has 0 saturated heterocycles. The zero-order chi connectivity index (χ0) is 5.11. The molecule has 1 aromatic rings. The molecule has 3 heteroatoms. The molecule has 0 aliphatic rings. The lowest BCUT2D eigenvalue weighted by atomic mass is 10.8. The number of hydrogen-bond acceptors (Lipinski definition) is 2. The molecule has 0 fully saturated rings. The van der Waals surface area contributed by atoms with Crippen LogP contribution in [-0.2, 0) is 6.67 Å². The molecule has 0 aliphatic heterocycles. The van der Waals surface area contributed by atoms with Gasteiger partial charge in [0.15, 0.2) is 0 Å². The smallest absolute Gasteiger partial charge is 0.141 e. The maximum absolute atomic E-state index is 11.5. The van der Waals surface area contributed by atoms with Crippen LogP contribution in [-0.4, -0.2) is 4.98 Å². The molecule has 0 aromatic carbocycles. The summed E-state index contributed by atoms with van der Waals surface area (Å²) in [5, 5.41) is 3.17. The Labute approximate surface area is 44.8 Å². The van der Waals surface area contributed by atoms with E-state index in [0.29, 0.717) is 5.01 Å². The van der Waals surface area contributed by atoms with Gasteiger partial charge in [-0.2, -0.15) is 0 Å². The Morgan fingerprint density at radius 3 is 3.14 bits per heavy atom. The molecule has 1 heterocycles. The molecule has 0 spiro atoms. The third kappa shape index (κ3) is 0.962. The van der Waals surface area contributed by atoms with Crippen LogP contribution in [0, 0.1) is 5.38 Å². The summed E-state index contributed by atoms with van der Waals surface area (Å²) in [5.41, 5.74) is 0. The third-order valence-electron chi connectivity index (χ3n) is 0.552. The standard InChI is InChI=1S/C4H3FNS/c5-3-4-6-1-2-7-4/h1H,3H2. The van der Waals surface area contributed by atoms with Crippen LogP contribution in [0.4, 0.5) is 4.39 Å². The fourth-order valence-corrected chi connectivity index (χ4v) is 0.682. The van der Waals surface area contributed by atoms with Crippen LogP contribution in [0.3, 0.4) is 0 Å². The molecular weight excluding hydrogens is 113 g/mol. The van der Waals surface area contributed by atoms with Gasteiger partial charge >= 0.3 is 0 Å². The van der Waals surface area contributed by atoms with Crippen molar-refractivity contribution >= 4 is 11.3 Å². The predicted octanol–water partition coefficient (Wildman–Crippen LogP) is 1.41. The minimum absolute atomic E-state index is 0.464. The molecule has 37 valence electrons. The Bertz CT molecular complexity index is 126. The van der Waals surface area contributed by atoms with E-state index in [1.165, 1.54) is 17.5 Å². The average molecular weight is 116 g/mol. The van der Waals surface area contributed by atoms with Crippen LogP contribution in [0.2, 0.25) is 0 Å². The first-order valence-corrected chi connectivity index (χ1v) is 2.62. The molecule has 0 unspecified atom stereocenters.